The Morgan fingerprint density at radius 3 is 1.35 bits per heavy atom. The summed E-state index contributed by atoms with van der Waals surface area (Å²) in [4.78, 5) is 66.3. The lowest BCUT2D eigenvalue weighted by atomic mass is 10.0. The molecule has 4 aromatic heterocycles. The van der Waals surface area contributed by atoms with Gasteiger partial charge in [-0.2, -0.15) is 0 Å². The monoisotopic (exact) mass is 870 g/mol. The maximum Gasteiger partial charge on any atom is 0.245 e. The third-order valence-electron chi connectivity index (χ3n) is 11.7. The van der Waals surface area contributed by atoms with Crippen LogP contribution >= 0.6 is 23.5 Å². The van der Waals surface area contributed by atoms with Crippen LogP contribution in [0, 0.1) is 11.8 Å². The van der Waals surface area contributed by atoms with Gasteiger partial charge in [0.2, 0.25) is 11.8 Å². The van der Waals surface area contributed by atoms with E-state index in [1.165, 1.54) is 23.5 Å². The van der Waals surface area contributed by atoms with E-state index in [-0.39, 0.29) is 35.7 Å². The number of benzene rings is 2. The molecule has 4 atom stereocenters. The molecule has 14 nitrogen and oxygen atoms in total. The summed E-state index contributed by atoms with van der Waals surface area (Å²) in [5.41, 5.74) is 6.06. The van der Waals surface area contributed by atoms with Crippen molar-refractivity contribution in [1.82, 2.24) is 49.7 Å². The van der Waals surface area contributed by atoms with Gasteiger partial charge in [-0.05, 0) is 84.4 Å². The first-order valence-corrected chi connectivity index (χ1v) is 23.7. The van der Waals surface area contributed by atoms with Crippen LogP contribution in [0.5, 0.6) is 0 Å². The number of likely N-dealkylation sites (tertiary alicyclic amines) is 2. The van der Waals surface area contributed by atoms with Gasteiger partial charge in [-0.3, -0.25) is 9.59 Å². The van der Waals surface area contributed by atoms with Crippen LogP contribution in [0.2, 0.25) is 0 Å². The van der Waals surface area contributed by atoms with Crippen LogP contribution in [-0.2, 0) is 9.59 Å². The molecular formula is C46H54N12O2S2. The van der Waals surface area contributed by atoms with Crippen molar-refractivity contribution in [2.24, 2.45) is 11.8 Å². The standard InChI is InChI=1S/C46H54N12O2S2/c1-27(2)39(53-37-19-21-47-45(55-37)61-5)43(59)57-23-7-9-35(57)41-49-25-33(51-41)31-15-11-29(12-16-31)30-13-17-32(18-14-30)34-26-50-42(52-34)36-10-8-24-58(36)44(60)40(28(3)4)54-38-20-22-48-46(56-38)62-6/h11-22,25-28,35-36,39-40H,7-10,23-24H2,1-6H3,(H,49,51)(H,50,52)(H,47,53,55)(H,48,54,56)/t35-,36-,39-,40-/m0/s1. The van der Waals surface area contributed by atoms with Crippen LogP contribution in [0.3, 0.4) is 0 Å². The highest BCUT2D eigenvalue weighted by Gasteiger charge is 2.38. The number of carbonyl (C=O) groups excluding carboxylic acids is 2. The fourth-order valence-corrected chi connectivity index (χ4v) is 9.07. The number of aromatic nitrogens is 8. The Morgan fingerprint density at radius 1 is 0.597 bits per heavy atom. The predicted molar refractivity (Wildman–Crippen MR) is 247 cm³/mol. The van der Waals surface area contributed by atoms with Crippen molar-refractivity contribution in [3.63, 3.8) is 0 Å². The van der Waals surface area contributed by atoms with E-state index in [1.54, 1.807) is 12.4 Å². The van der Waals surface area contributed by atoms with Crippen molar-refractivity contribution < 1.29 is 9.59 Å². The van der Waals surface area contributed by atoms with Crippen LogP contribution in [0.4, 0.5) is 11.6 Å². The van der Waals surface area contributed by atoms with Crippen molar-refractivity contribution in [2.45, 2.75) is 87.9 Å². The first-order chi connectivity index (χ1) is 30.1. The molecule has 62 heavy (non-hydrogen) atoms. The largest absolute Gasteiger partial charge is 0.358 e. The van der Waals surface area contributed by atoms with Crippen molar-refractivity contribution in [3.05, 3.63) is 97.1 Å². The lowest BCUT2D eigenvalue weighted by Gasteiger charge is -2.30. The van der Waals surface area contributed by atoms with E-state index < -0.39 is 12.1 Å². The number of rotatable bonds is 15. The highest BCUT2D eigenvalue weighted by Crippen LogP contribution is 2.36. The topological polar surface area (TPSA) is 174 Å². The average molecular weight is 871 g/mol. The van der Waals surface area contributed by atoms with Gasteiger partial charge in [0.1, 0.15) is 35.4 Å². The average Bonchev–Trinajstić information content (AvgIpc) is 4.14. The lowest BCUT2D eigenvalue weighted by Crippen LogP contribution is -2.45. The molecule has 16 heteroatoms. The Hall–Kier alpha value is -5.74. The minimum atomic E-state index is -0.426. The number of nitrogens with one attached hydrogen (secondary N) is 4. The number of hydrogen-bond acceptors (Lipinski definition) is 12. The molecule has 0 spiro atoms. The SMILES string of the molecule is CSc1nccc(N[C@H](C(=O)N2CCC[C@H]2c2ncc(-c3ccc(-c4ccc(-c5cnc([C@@H]6CCCN6C(=O)[C@@H](Nc6ccnc(SC)n6)C(C)C)[nH]5)cc4)cc3)[nH]2)C(C)C)n1. The van der Waals surface area contributed by atoms with E-state index in [9.17, 15) is 9.59 Å². The Morgan fingerprint density at radius 2 is 0.984 bits per heavy atom. The molecule has 6 aromatic rings. The summed E-state index contributed by atoms with van der Waals surface area (Å²) in [6.45, 7) is 9.57. The van der Waals surface area contributed by atoms with Crippen molar-refractivity contribution in [2.75, 3.05) is 36.2 Å². The second kappa shape index (κ2) is 19.1. The molecule has 0 aliphatic carbocycles. The maximum atomic E-state index is 14.0. The van der Waals surface area contributed by atoms with Crippen LogP contribution in [-0.4, -0.2) is 99.2 Å². The highest BCUT2D eigenvalue weighted by molar-refractivity contribution is 7.98. The summed E-state index contributed by atoms with van der Waals surface area (Å²) in [6.07, 6.45) is 14.6. The van der Waals surface area contributed by atoms with E-state index in [2.05, 4.69) is 117 Å². The number of H-pyrrole nitrogens is 2. The number of amides is 2. The second-order valence-corrected chi connectivity index (χ2v) is 18.0. The number of anilines is 2. The van der Waals surface area contributed by atoms with Gasteiger partial charge in [0.05, 0.1) is 35.9 Å². The minimum Gasteiger partial charge on any atom is -0.358 e. The Kier molecular flexibility index (Phi) is 13.2. The van der Waals surface area contributed by atoms with Gasteiger partial charge in [0.25, 0.3) is 0 Å². The summed E-state index contributed by atoms with van der Waals surface area (Å²) in [5.74, 6) is 3.11. The zero-order chi connectivity index (χ0) is 43.3. The number of aromatic amines is 2. The van der Waals surface area contributed by atoms with Gasteiger partial charge in [-0.25, -0.2) is 29.9 Å². The van der Waals surface area contributed by atoms with Gasteiger partial charge < -0.3 is 30.4 Å². The minimum absolute atomic E-state index is 0.0501. The molecule has 0 bridgehead atoms. The normalized spacial score (nSPS) is 17.5. The molecule has 2 amide bonds. The van der Waals surface area contributed by atoms with E-state index >= 15 is 0 Å². The quantitative estimate of drug-likeness (QED) is 0.0572. The third kappa shape index (κ3) is 9.36. The van der Waals surface area contributed by atoms with Gasteiger partial charge in [0, 0.05) is 25.5 Å². The number of carbonyl (C=O) groups is 2. The van der Waals surface area contributed by atoms with Crippen LogP contribution < -0.4 is 10.6 Å². The molecule has 8 rings (SSSR count). The number of thioether (sulfide) groups is 2. The summed E-state index contributed by atoms with van der Waals surface area (Å²) >= 11 is 2.94. The molecule has 2 aromatic carbocycles. The zero-order valence-electron chi connectivity index (χ0n) is 36.0. The molecule has 6 heterocycles. The molecule has 4 N–H and O–H groups in total. The molecular weight excluding hydrogens is 817 g/mol. The van der Waals surface area contributed by atoms with Gasteiger partial charge >= 0.3 is 0 Å². The van der Waals surface area contributed by atoms with Crippen LogP contribution in [0.15, 0.2) is 95.8 Å². The Balaban J connectivity index is 0.906. The Bertz CT molecular complexity index is 2300. The zero-order valence-corrected chi connectivity index (χ0v) is 37.6. The van der Waals surface area contributed by atoms with Crippen molar-refractivity contribution in [1.29, 1.82) is 0 Å². The van der Waals surface area contributed by atoms with Gasteiger partial charge in [-0.15, -0.1) is 0 Å². The molecule has 2 aliphatic heterocycles. The molecule has 0 radical (unpaired) electrons. The van der Waals surface area contributed by atoms with Crippen LogP contribution in [0.1, 0.15) is 77.1 Å². The summed E-state index contributed by atoms with van der Waals surface area (Å²) < 4.78 is 0. The molecule has 2 fully saturated rings. The predicted octanol–water partition coefficient (Wildman–Crippen LogP) is 8.76. The van der Waals surface area contributed by atoms with Gasteiger partial charge in [0.15, 0.2) is 10.3 Å². The van der Waals surface area contributed by atoms with Crippen molar-refractivity contribution in [3.8, 4) is 33.6 Å². The summed E-state index contributed by atoms with van der Waals surface area (Å²) in [7, 11) is 0. The lowest BCUT2D eigenvalue weighted by molar-refractivity contribution is -0.134. The van der Waals surface area contributed by atoms with E-state index in [1.807, 2.05) is 46.8 Å². The second-order valence-electron chi connectivity index (χ2n) is 16.5. The van der Waals surface area contributed by atoms with E-state index in [4.69, 9.17) is 9.97 Å². The molecule has 2 aliphatic rings. The fourth-order valence-electron chi connectivity index (χ4n) is 8.36. The number of imidazole rings is 2. The van der Waals surface area contributed by atoms with E-state index in [0.717, 1.165) is 71.0 Å². The fraction of sp³-hybridized carbons (Fsp3) is 0.391. The first kappa shape index (κ1) is 42.9. The first-order valence-electron chi connectivity index (χ1n) is 21.3. The number of hydrogen-bond donors (Lipinski definition) is 4. The van der Waals surface area contributed by atoms with E-state index in [0.29, 0.717) is 35.0 Å². The maximum absolute atomic E-state index is 14.0. The molecule has 322 valence electrons. The van der Waals surface area contributed by atoms with Crippen molar-refractivity contribution >= 4 is 47.0 Å². The summed E-state index contributed by atoms with van der Waals surface area (Å²) in [5, 5.41) is 8.10. The summed E-state index contributed by atoms with van der Waals surface area (Å²) in [6, 6.07) is 19.4. The molecule has 0 saturated carbocycles. The number of nitrogens with zero attached hydrogens (tertiary/aromatic N) is 8. The Labute approximate surface area is 371 Å². The molecule has 0 unspecified atom stereocenters. The van der Waals surface area contributed by atoms with Crippen LogP contribution in [0.25, 0.3) is 33.6 Å². The van der Waals surface area contributed by atoms with Gasteiger partial charge in [-0.1, -0.05) is 99.7 Å². The highest BCUT2D eigenvalue weighted by atomic mass is 32.2. The smallest absolute Gasteiger partial charge is 0.245 e. The molecule has 2 saturated heterocycles. The third-order valence-corrected chi connectivity index (χ3v) is 12.8.